The summed E-state index contributed by atoms with van der Waals surface area (Å²) in [5.41, 5.74) is 6.36. The zero-order chi connectivity index (χ0) is 13.7. The van der Waals surface area contributed by atoms with E-state index >= 15 is 0 Å². The zero-order valence-corrected chi connectivity index (χ0v) is 11.7. The molecule has 2 aromatic carbocycles. The molecule has 2 aromatic rings. The van der Waals surface area contributed by atoms with Gasteiger partial charge in [-0.25, -0.2) is 0 Å². The Labute approximate surface area is 119 Å². The fraction of sp³-hybridized carbons (Fsp3) is 0.250. The number of hydrogen-bond acceptors (Lipinski definition) is 2. The molecule has 3 heteroatoms. The Morgan fingerprint density at radius 1 is 1.05 bits per heavy atom. The quantitative estimate of drug-likeness (QED) is 0.896. The second-order valence-corrected chi connectivity index (χ2v) is 5.08. The molecule has 0 aliphatic heterocycles. The van der Waals surface area contributed by atoms with Crippen LogP contribution in [-0.2, 0) is 5.60 Å². The lowest BCUT2D eigenvalue weighted by Gasteiger charge is -2.31. The molecule has 2 N–H and O–H groups in total. The summed E-state index contributed by atoms with van der Waals surface area (Å²) in [5.74, 6) is 0.684. The molecule has 0 fully saturated rings. The maximum absolute atomic E-state index is 6.16. The van der Waals surface area contributed by atoms with E-state index in [4.69, 9.17) is 22.1 Å². The van der Waals surface area contributed by atoms with E-state index in [1.165, 1.54) is 0 Å². The van der Waals surface area contributed by atoms with Crippen LogP contribution in [0, 0.1) is 0 Å². The highest BCUT2D eigenvalue weighted by molar-refractivity contribution is 6.32. The average Bonchev–Trinajstić information content (AvgIpc) is 2.43. The van der Waals surface area contributed by atoms with Gasteiger partial charge in [-0.2, -0.15) is 0 Å². The lowest BCUT2D eigenvalue weighted by molar-refractivity contribution is 0.0798. The summed E-state index contributed by atoms with van der Waals surface area (Å²) in [4.78, 5) is 0. The van der Waals surface area contributed by atoms with Crippen LogP contribution in [0.15, 0.2) is 54.6 Å². The summed E-state index contributed by atoms with van der Waals surface area (Å²) in [6.07, 6.45) is 0.724. The van der Waals surface area contributed by atoms with Gasteiger partial charge in [-0.3, -0.25) is 0 Å². The molecule has 0 aliphatic rings. The summed E-state index contributed by atoms with van der Waals surface area (Å²) in [6, 6.07) is 17.6. The van der Waals surface area contributed by atoms with Crippen molar-refractivity contribution in [3.05, 3.63) is 65.2 Å². The molecule has 0 saturated carbocycles. The van der Waals surface area contributed by atoms with Gasteiger partial charge in [0.05, 0.1) is 5.02 Å². The highest BCUT2D eigenvalue weighted by Gasteiger charge is 2.28. The molecule has 100 valence electrons. The van der Waals surface area contributed by atoms with Crippen LogP contribution in [0.3, 0.4) is 0 Å². The largest absolute Gasteiger partial charge is 0.481 e. The summed E-state index contributed by atoms with van der Waals surface area (Å²) in [6.45, 7) is 2.59. The number of rotatable bonds is 5. The van der Waals surface area contributed by atoms with E-state index in [9.17, 15) is 0 Å². The molecule has 19 heavy (non-hydrogen) atoms. The first-order valence-electron chi connectivity index (χ1n) is 6.35. The fourth-order valence-corrected chi connectivity index (χ4v) is 2.26. The first-order chi connectivity index (χ1) is 9.15. The van der Waals surface area contributed by atoms with E-state index in [-0.39, 0.29) is 0 Å². The Kier molecular flexibility index (Phi) is 4.46. The zero-order valence-electron chi connectivity index (χ0n) is 11.0. The molecule has 1 atom stereocenters. The first kappa shape index (κ1) is 13.9. The van der Waals surface area contributed by atoms with E-state index in [2.05, 4.69) is 0 Å². The van der Waals surface area contributed by atoms with Gasteiger partial charge in [0, 0.05) is 6.42 Å². The van der Waals surface area contributed by atoms with Crippen LogP contribution in [0.25, 0.3) is 0 Å². The van der Waals surface area contributed by atoms with Crippen LogP contribution >= 0.6 is 11.6 Å². The van der Waals surface area contributed by atoms with Crippen LogP contribution in [0.5, 0.6) is 5.75 Å². The highest BCUT2D eigenvalue weighted by Crippen LogP contribution is 2.34. The standard InChI is InChI=1S/C16H18ClNO/c1-16(11-12-18,13-7-3-2-4-8-13)19-15-10-6-5-9-14(15)17/h2-10H,11-12,18H2,1H3. The van der Waals surface area contributed by atoms with E-state index in [0.717, 1.165) is 12.0 Å². The minimum atomic E-state index is -0.471. The number of ether oxygens (including phenoxy) is 1. The third-order valence-electron chi connectivity index (χ3n) is 3.18. The van der Waals surface area contributed by atoms with Crippen molar-refractivity contribution in [2.75, 3.05) is 6.54 Å². The first-order valence-corrected chi connectivity index (χ1v) is 6.73. The number of nitrogens with two attached hydrogens (primary N) is 1. The lowest BCUT2D eigenvalue weighted by atomic mass is 9.92. The van der Waals surface area contributed by atoms with Crippen LogP contribution in [-0.4, -0.2) is 6.54 Å². The topological polar surface area (TPSA) is 35.2 Å². The molecular formula is C16H18ClNO. The second-order valence-electron chi connectivity index (χ2n) is 4.67. The number of hydrogen-bond donors (Lipinski definition) is 1. The minimum Gasteiger partial charge on any atom is -0.481 e. The molecule has 0 amide bonds. The Morgan fingerprint density at radius 2 is 1.68 bits per heavy atom. The van der Waals surface area contributed by atoms with Gasteiger partial charge in [-0.1, -0.05) is 54.1 Å². The van der Waals surface area contributed by atoms with Crippen molar-refractivity contribution >= 4 is 11.6 Å². The van der Waals surface area contributed by atoms with E-state index in [1.807, 2.05) is 61.5 Å². The van der Waals surface area contributed by atoms with Crippen LogP contribution < -0.4 is 10.5 Å². The predicted octanol–water partition coefficient (Wildman–Crippen LogP) is 3.98. The van der Waals surface area contributed by atoms with Gasteiger partial charge in [-0.05, 0) is 31.2 Å². The van der Waals surface area contributed by atoms with Gasteiger partial charge in [0.2, 0.25) is 0 Å². The lowest BCUT2D eigenvalue weighted by Crippen LogP contribution is -2.32. The molecule has 0 aromatic heterocycles. The van der Waals surface area contributed by atoms with Crippen molar-refractivity contribution in [1.82, 2.24) is 0 Å². The summed E-state index contributed by atoms with van der Waals surface area (Å²) in [7, 11) is 0. The van der Waals surface area contributed by atoms with E-state index in [1.54, 1.807) is 0 Å². The average molecular weight is 276 g/mol. The van der Waals surface area contributed by atoms with Gasteiger partial charge < -0.3 is 10.5 Å². The predicted molar refractivity (Wildman–Crippen MR) is 79.5 cm³/mol. The van der Waals surface area contributed by atoms with Crippen molar-refractivity contribution in [2.45, 2.75) is 18.9 Å². The Morgan fingerprint density at radius 3 is 2.32 bits per heavy atom. The highest BCUT2D eigenvalue weighted by atomic mass is 35.5. The van der Waals surface area contributed by atoms with Gasteiger partial charge in [-0.15, -0.1) is 0 Å². The van der Waals surface area contributed by atoms with Gasteiger partial charge in [0.1, 0.15) is 11.4 Å². The van der Waals surface area contributed by atoms with E-state index < -0.39 is 5.60 Å². The van der Waals surface area contributed by atoms with Gasteiger partial charge in [0.15, 0.2) is 0 Å². The monoisotopic (exact) mass is 275 g/mol. The maximum atomic E-state index is 6.16. The molecule has 0 spiro atoms. The molecule has 0 bridgehead atoms. The fourth-order valence-electron chi connectivity index (χ4n) is 2.09. The van der Waals surface area contributed by atoms with E-state index in [0.29, 0.717) is 17.3 Å². The molecular weight excluding hydrogens is 258 g/mol. The number of halogens is 1. The Bertz CT molecular complexity index is 529. The number of para-hydroxylation sites is 1. The Hall–Kier alpha value is -1.51. The molecule has 1 unspecified atom stereocenters. The second kappa shape index (κ2) is 6.09. The molecule has 0 aliphatic carbocycles. The summed E-state index contributed by atoms with van der Waals surface area (Å²) < 4.78 is 6.15. The third kappa shape index (κ3) is 3.28. The molecule has 0 saturated heterocycles. The SMILES string of the molecule is CC(CCN)(Oc1ccccc1Cl)c1ccccc1. The number of benzene rings is 2. The van der Waals surface area contributed by atoms with Gasteiger partial charge in [0.25, 0.3) is 0 Å². The smallest absolute Gasteiger partial charge is 0.139 e. The summed E-state index contributed by atoms with van der Waals surface area (Å²) in [5, 5.41) is 0.613. The van der Waals surface area contributed by atoms with Crippen molar-refractivity contribution < 1.29 is 4.74 Å². The van der Waals surface area contributed by atoms with Gasteiger partial charge >= 0.3 is 0 Å². The Balaban J connectivity index is 2.33. The van der Waals surface area contributed by atoms with Crippen LogP contribution in [0.2, 0.25) is 5.02 Å². The molecule has 2 nitrogen and oxygen atoms in total. The van der Waals surface area contributed by atoms with Crippen LogP contribution in [0.4, 0.5) is 0 Å². The van der Waals surface area contributed by atoms with Crippen molar-refractivity contribution in [3.63, 3.8) is 0 Å². The van der Waals surface area contributed by atoms with Crippen molar-refractivity contribution in [2.24, 2.45) is 5.73 Å². The van der Waals surface area contributed by atoms with Crippen molar-refractivity contribution in [3.8, 4) is 5.75 Å². The van der Waals surface area contributed by atoms with Crippen LogP contribution in [0.1, 0.15) is 18.9 Å². The van der Waals surface area contributed by atoms with Crippen molar-refractivity contribution in [1.29, 1.82) is 0 Å². The third-order valence-corrected chi connectivity index (χ3v) is 3.49. The molecule has 0 radical (unpaired) electrons. The maximum Gasteiger partial charge on any atom is 0.139 e. The minimum absolute atomic E-state index is 0.471. The normalized spacial score (nSPS) is 13.8. The molecule has 0 heterocycles. The summed E-state index contributed by atoms with van der Waals surface area (Å²) >= 11 is 6.16. The molecule has 2 rings (SSSR count).